The number of non-ortho nitro benzene ring substituents is 1. The number of nitro benzene ring substituents is 1. The fourth-order valence-corrected chi connectivity index (χ4v) is 4.15. The minimum absolute atomic E-state index is 0.0648. The Bertz CT molecular complexity index is 1530. The van der Waals surface area contributed by atoms with Crippen molar-refractivity contribution < 1.29 is 19.2 Å². The summed E-state index contributed by atoms with van der Waals surface area (Å²) in [5.74, 6) is -1.66. The van der Waals surface area contributed by atoms with Gasteiger partial charge in [-0.05, 0) is 30.2 Å². The van der Waals surface area contributed by atoms with Crippen molar-refractivity contribution in [2.45, 2.75) is 19.3 Å². The number of aromatic nitrogens is 2. The molecule has 0 saturated heterocycles. The third-order valence-electron chi connectivity index (χ3n) is 6.06. The summed E-state index contributed by atoms with van der Waals surface area (Å²) in [5.41, 5.74) is 4.15. The molecule has 0 saturated carbocycles. The fraction of sp³-hybridized carbons (Fsp3) is 0.143. The Labute approximate surface area is 222 Å². The van der Waals surface area contributed by atoms with E-state index in [0.717, 1.165) is 15.8 Å². The van der Waals surface area contributed by atoms with E-state index in [-0.39, 0.29) is 29.1 Å². The molecule has 1 aromatic heterocycles. The molecule has 4 aromatic rings. The molecule has 0 aliphatic carbocycles. The van der Waals surface area contributed by atoms with Crippen molar-refractivity contribution in [3.05, 3.63) is 128 Å². The number of hydrazone groups is 1. The van der Waals surface area contributed by atoms with Crippen LogP contribution in [0.3, 0.4) is 0 Å². The van der Waals surface area contributed by atoms with Crippen molar-refractivity contribution in [3.8, 4) is 5.69 Å². The molecule has 4 rings (SSSR count). The quantitative estimate of drug-likeness (QED) is 0.147. The maximum atomic E-state index is 13.4. The number of aromatic amines is 1. The van der Waals surface area contributed by atoms with Crippen molar-refractivity contribution in [3.63, 3.8) is 0 Å². The third kappa shape index (κ3) is 5.99. The average Bonchev–Trinajstić information content (AvgIpc) is 3.28. The van der Waals surface area contributed by atoms with Gasteiger partial charge in [-0.2, -0.15) is 5.10 Å². The Kier molecular flexibility index (Phi) is 8.10. The highest BCUT2D eigenvalue weighted by Crippen LogP contribution is 2.25. The average molecular weight is 528 g/mol. The Morgan fingerprint density at radius 3 is 2.08 bits per heavy atom. The zero-order valence-electron chi connectivity index (χ0n) is 21.2. The molecule has 0 spiro atoms. The molecule has 11 heteroatoms. The predicted molar refractivity (Wildman–Crippen MR) is 144 cm³/mol. The third-order valence-corrected chi connectivity index (χ3v) is 6.06. The van der Waals surface area contributed by atoms with Gasteiger partial charge in [0.15, 0.2) is 0 Å². The first-order valence-corrected chi connectivity index (χ1v) is 11.9. The molecule has 0 aliphatic rings. The summed E-state index contributed by atoms with van der Waals surface area (Å²) < 4.78 is 5.91. The van der Waals surface area contributed by atoms with Gasteiger partial charge in [0, 0.05) is 12.1 Å². The number of nitrogens with zero attached hydrogens (tertiary/aromatic N) is 3. The van der Waals surface area contributed by atoms with E-state index in [1.807, 2.05) is 60.7 Å². The van der Waals surface area contributed by atoms with Crippen LogP contribution in [0.5, 0.6) is 0 Å². The number of hydrogen-bond donors (Lipinski definition) is 2. The lowest BCUT2D eigenvalue weighted by atomic mass is 9.91. The van der Waals surface area contributed by atoms with Gasteiger partial charge >= 0.3 is 5.97 Å². The van der Waals surface area contributed by atoms with Gasteiger partial charge in [-0.1, -0.05) is 60.7 Å². The molecular formula is C28H25N5O6. The van der Waals surface area contributed by atoms with E-state index in [2.05, 4.69) is 15.6 Å². The number of methoxy groups -OCH3 is 1. The van der Waals surface area contributed by atoms with Crippen LogP contribution in [0.15, 0.2) is 94.8 Å². The lowest BCUT2D eigenvalue weighted by molar-refractivity contribution is -0.384. The minimum Gasteiger partial charge on any atom is -0.469 e. The molecule has 0 fully saturated rings. The van der Waals surface area contributed by atoms with Crippen LogP contribution in [0.4, 0.5) is 5.69 Å². The zero-order valence-corrected chi connectivity index (χ0v) is 21.2. The van der Waals surface area contributed by atoms with E-state index >= 15 is 0 Å². The summed E-state index contributed by atoms with van der Waals surface area (Å²) in [5, 5.41) is 18.1. The Hall–Kier alpha value is -5.32. The van der Waals surface area contributed by atoms with E-state index in [4.69, 9.17) is 4.74 Å². The number of hydrogen-bond acceptors (Lipinski definition) is 7. The van der Waals surface area contributed by atoms with E-state index in [0.29, 0.717) is 5.69 Å². The Balaban J connectivity index is 1.69. The minimum atomic E-state index is -0.651. The number of nitrogens with one attached hydrogen (secondary N) is 2. The van der Waals surface area contributed by atoms with Gasteiger partial charge in [0.05, 0.1) is 47.0 Å². The first kappa shape index (κ1) is 26.7. The van der Waals surface area contributed by atoms with Crippen molar-refractivity contribution in [2.24, 2.45) is 5.10 Å². The fourth-order valence-electron chi connectivity index (χ4n) is 4.15. The number of carbonyl (C=O) groups is 2. The second-order valence-electron chi connectivity index (χ2n) is 8.56. The second-order valence-corrected chi connectivity index (χ2v) is 8.56. The van der Waals surface area contributed by atoms with Crippen LogP contribution in [0.25, 0.3) is 5.69 Å². The first-order valence-electron chi connectivity index (χ1n) is 11.9. The van der Waals surface area contributed by atoms with E-state index in [9.17, 15) is 24.5 Å². The first-order chi connectivity index (χ1) is 18.8. The second kappa shape index (κ2) is 11.8. The van der Waals surface area contributed by atoms with E-state index in [1.165, 1.54) is 38.3 Å². The molecule has 0 bridgehead atoms. The molecule has 198 valence electrons. The predicted octanol–water partition coefficient (Wildman–Crippen LogP) is 3.46. The van der Waals surface area contributed by atoms with Gasteiger partial charge in [-0.25, -0.2) is 10.1 Å². The van der Waals surface area contributed by atoms with Gasteiger partial charge in [0.25, 0.3) is 17.2 Å². The number of nitro groups is 1. The highest BCUT2D eigenvalue weighted by molar-refractivity contribution is 6.01. The van der Waals surface area contributed by atoms with Crippen LogP contribution in [0, 0.1) is 10.1 Å². The summed E-state index contributed by atoms with van der Waals surface area (Å²) in [6, 6.07) is 23.8. The summed E-state index contributed by atoms with van der Waals surface area (Å²) in [7, 11) is 1.22. The van der Waals surface area contributed by atoms with Crippen LogP contribution in [-0.2, 0) is 20.7 Å². The number of rotatable bonds is 9. The normalized spacial score (nSPS) is 11.3. The molecule has 0 aliphatic heterocycles. The van der Waals surface area contributed by atoms with Crippen molar-refractivity contribution >= 4 is 23.3 Å². The van der Waals surface area contributed by atoms with E-state index < -0.39 is 28.3 Å². The lowest BCUT2D eigenvalue weighted by Crippen LogP contribution is -2.28. The number of benzene rings is 3. The van der Waals surface area contributed by atoms with Crippen LogP contribution < -0.4 is 11.0 Å². The van der Waals surface area contributed by atoms with Crippen molar-refractivity contribution in [1.82, 2.24) is 15.2 Å². The van der Waals surface area contributed by atoms with Crippen LogP contribution in [0.1, 0.15) is 35.2 Å². The summed E-state index contributed by atoms with van der Waals surface area (Å²) >= 11 is 0. The molecule has 1 amide bonds. The van der Waals surface area contributed by atoms with Crippen molar-refractivity contribution in [2.75, 3.05) is 7.11 Å². The van der Waals surface area contributed by atoms with Crippen LogP contribution in [0.2, 0.25) is 0 Å². The highest BCUT2D eigenvalue weighted by atomic mass is 16.6. The van der Waals surface area contributed by atoms with Gasteiger partial charge < -0.3 is 4.74 Å². The molecule has 0 radical (unpaired) electrons. The Morgan fingerprint density at radius 1 is 1.00 bits per heavy atom. The molecule has 39 heavy (non-hydrogen) atoms. The van der Waals surface area contributed by atoms with Crippen LogP contribution in [-0.4, -0.2) is 39.4 Å². The summed E-state index contributed by atoms with van der Waals surface area (Å²) in [6.07, 6.45) is -0.265. The van der Waals surface area contributed by atoms with Gasteiger partial charge in [-0.3, -0.25) is 29.6 Å². The number of ether oxygens (including phenoxy) is 1. The molecule has 2 N–H and O–H groups in total. The molecular weight excluding hydrogens is 502 g/mol. The van der Waals surface area contributed by atoms with E-state index in [1.54, 1.807) is 0 Å². The molecule has 3 aromatic carbocycles. The standard InChI is InChI=1S/C28H25N5O6/c1-18(29-30-27(35)26(19-9-5-3-6-10-19)20-11-7-4-8-12-20)25-23(17-24(34)39-2)31-32(28(25)36)21-13-15-22(16-14-21)33(37)38/h3-16,26,31H,17H2,1-2H3,(H,30,35)/b29-18+. The number of esters is 1. The SMILES string of the molecule is COC(=O)Cc1[nH]n(-c2ccc([N+](=O)[O-])cc2)c(=O)c1/C(C)=N/NC(=O)C(c1ccccc1)c1ccccc1. The smallest absolute Gasteiger partial charge is 0.311 e. The maximum Gasteiger partial charge on any atom is 0.311 e. The number of carbonyl (C=O) groups excluding carboxylic acids is 2. The number of amides is 1. The summed E-state index contributed by atoms with van der Waals surface area (Å²) in [6.45, 7) is 1.53. The molecule has 0 unspecified atom stereocenters. The number of H-pyrrole nitrogens is 1. The zero-order chi connectivity index (χ0) is 27.9. The topological polar surface area (TPSA) is 149 Å². The molecule has 0 atom stereocenters. The molecule has 11 nitrogen and oxygen atoms in total. The monoisotopic (exact) mass is 527 g/mol. The molecule has 1 heterocycles. The van der Waals surface area contributed by atoms with Crippen LogP contribution >= 0.6 is 0 Å². The largest absolute Gasteiger partial charge is 0.469 e. The van der Waals surface area contributed by atoms with Gasteiger partial charge in [0.1, 0.15) is 0 Å². The maximum absolute atomic E-state index is 13.4. The highest BCUT2D eigenvalue weighted by Gasteiger charge is 2.24. The van der Waals surface area contributed by atoms with Gasteiger partial charge in [0.2, 0.25) is 0 Å². The Morgan fingerprint density at radius 2 is 1.56 bits per heavy atom. The van der Waals surface area contributed by atoms with Crippen molar-refractivity contribution in [1.29, 1.82) is 0 Å². The lowest BCUT2D eigenvalue weighted by Gasteiger charge is -2.16. The van der Waals surface area contributed by atoms with Gasteiger partial charge in [-0.15, -0.1) is 0 Å². The summed E-state index contributed by atoms with van der Waals surface area (Å²) in [4.78, 5) is 49.3.